The SMILES string of the molecule is Cc1cc(C(=O)N2Cc3cnn(C)c3Nc3ccccc32)ccc1CNC(=O)N1CCCC1C(=S)N1CCC[N+](C)(C)CC1. The summed E-state index contributed by atoms with van der Waals surface area (Å²) in [6.45, 7) is 7.60. The topological polar surface area (TPSA) is 85.7 Å². The molecule has 0 aliphatic carbocycles. The second-order valence-electron chi connectivity index (χ2n) is 12.9. The Balaban J connectivity index is 1.12. The summed E-state index contributed by atoms with van der Waals surface area (Å²) < 4.78 is 2.80. The highest BCUT2D eigenvalue weighted by Crippen LogP contribution is 2.36. The number of aryl methyl sites for hydroxylation is 2. The molecule has 10 nitrogen and oxygen atoms in total. The number of hydrogen-bond donors (Lipinski definition) is 2. The largest absolute Gasteiger partial charge is 0.359 e. The summed E-state index contributed by atoms with van der Waals surface area (Å²) in [5, 5.41) is 11.0. The van der Waals surface area contributed by atoms with E-state index in [1.807, 2.05) is 61.3 Å². The quantitative estimate of drug-likeness (QED) is 0.334. The predicted octanol–water partition coefficient (Wildman–Crippen LogP) is 4.42. The van der Waals surface area contributed by atoms with Crippen LogP contribution < -0.4 is 15.5 Å². The van der Waals surface area contributed by atoms with Gasteiger partial charge in [-0.2, -0.15) is 5.10 Å². The maximum Gasteiger partial charge on any atom is 0.318 e. The maximum absolute atomic E-state index is 13.9. The van der Waals surface area contributed by atoms with E-state index in [1.54, 1.807) is 15.8 Å². The summed E-state index contributed by atoms with van der Waals surface area (Å²) >= 11 is 5.97. The molecule has 44 heavy (non-hydrogen) atoms. The predicted molar refractivity (Wildman–Crippen MR) is 177 cm³/mol. The lowest BCUT2D eigenvalue weighted by molar-refractivity contribution is -0.888. The molecule has 2 N–H and O–H groups in total. The van der Waals surface area contributed by atoms with E-state index in [-0.39, 0.29) is 18.0 Å². The van der Waals surface area contributed by atoms with Crippen molar-refractivity contribution < 1.29 is 14.1 Å². The lowest BCUT2D eigenvalue weighted by atomic mass is 10.0. The molecule has 2 fully saturated rings. The van der Waals surface area contributed by atoms with Crippen molar-refractivity contribution in [3.63, 3.8) is 0 Å². The van der Waals surface area contributed by atoms with E-state index in [4.69, 9.17) is 12.2 Å². The van der Waals surface area contributed by atoms with Crippen LogP contribution in [-0.2, 0) is 20.1 Å². The lowest BCUT2D eigenvalue weighted by Gasteiger charge is -2.32. The number of likely N-dealkylation sites (N-methyl/N-ethyl adjacent to an activating group) is 1. The van der Waals surface area contributed by atoms with Crippen molar-refractivity contribution in [1.82, 2.24) is 24.9 Å². The van der Waals surface area contributed by atoms with Crippen LogP contribution in [0.4, 0.5) is 22.0 Å². The van der Waals surface area contributed by atoms with Gasteiger partial charge in [-0.25, -0.2) is 4.79 Å². The Bertz CT molecular complexity index is 1580. The summed E-state index contributed by atoms with van der Waals surface area (Å²) in [6.07, 6.45) is 4.78. The fraction of sp³-hybridized carbons (Fsp3) is 0.455. The molecular formula is C33H43N8O2S+. The Labute approximate surface area is 265 Å². The molecule has 0 bridgehead atoms. The number of thiocarbonyl (C=S) groups is 1. The van der Waals surface area contributed by atoms with Crippen molar-refractivity contribution in [1.29, 1.82) is 0 Å². The molecule has 3 aliphatic rings. The van der Waals surface area contributed by atoms with E-state index in [9.17, 15) is 9.59 Å². The molecule has 232 valence electrons. The molecule has 1 atom stereocenters. The summed E-state index contributed by atoms with van der Waals surface area (Å²) in [5.74, 6) is 0.796. The van der Waals surface area contributed by atoms with Crippen molar-refractivity contribution in [3.8, 4) is 0 Å². The molecule has 1 unspecified atom stereocenters. The van der Waals surface area contributed by atoms with Crippen LogP contribution in [0, 0.1) is 6.92 Å². The molecule has 0 radical (unpaired) electrons. The zero-order valence-corrected chi connectivity index (χ0v) is 27.0. The number of quaternary nitrogens is 1. The first-order valence-corrected chi connectivity index (χ1v) is 16.0. The first-order valence-electron chi connectivity index (χ1n) is 15.5. The molecule has 3 aliphatic heterocycles. The molecule has 0 saturated carbocycles. The zero-order chi connectivity index (χ0) is 31.0. The number of urea groups is 1. The third-order valence-electron chi connectivity index (χ3n) is 9.33. The van der Waals surface area contributed by atoms with Crippen molar-refractivity contribution in [2.24, 2.45) is 7.05 Å². The van der Waals surface area contributed by atoms with Crippen LogP contribution >= 0.6 is 12.2 Å². The van der Waals surface area contributed by atoms with Gasteiger partial charge in [0.05, 0.1) is 63.9 Å². The van der Waals surface area contributed by atoms with Gasteiger partial charge in [0.15, 0.2) is 0 Å². The lowest BCUT2D eigenvalue weighted by Crippen LogP contribution is -2.51. The number of benzene rings is 2. The number of hydrogen-bond acceptors (Lipinski definition) is 5. The van der Waals surface area contributed by atoms with Crippen LogP contribution in [0.3, 0.4) is 0 Å². The number of carbonyl (C=O) groups is 2. The summed E-state index contributed by atoms with van der Waals surface area (Å²) in [6, 6.07) is 13.4. The molecular weight excluding hydrogens is 572 g/mol. The van der Waals surface area contributed by atoms with Crippen LogP contribution in [-0.4, -0.2) is 93.9 Å². The Hall–Kier alpha value is -3.96. The molecule has 0 spiro atoms. The molecule has 3 aromatic rings. The Kier molecular flexibility index (Phi) is 8.34. The van der Waals surface area contributed by atoms with E-state index < -0.39 is 0 Å². The maximum atomic E-state index is 13.9. The van der Waals surface area contributed by atoms with Crippen molar-refractivity contribution in [2.75, 3.05) is 57.0 Å². The van der Waals surface area contributed by atoms with Gasteiger partial charge in [-0.3, -0.25) is 9.48 Å². The second kappa shape index (κ2) is 12.2. The Morgan fingerprint density at radius 3 is 2.73 bits per heavy atom. The van der Waals surface area contributed by atoms with Gasteiger partial charge in [-0.1, -0.05) is 30.4 Å². The van der Waals surface area contributed by atoms with Crippen molar-refractivity contribution >= 4 is 46.3 Å². The highest BCUT2D eigenvalue weighted by Gasteiger charge is 2.35. The third kappa shape index (κ3) is 6.03. The highest BCUT2D eigenvalue weighted by atomic mass is 32.1. The molecule has 11 heteroatoms. The molecule has 4 heterocycles. The number of nitrogens with zero attached hydrogens (tertiary/aromatic N) is 6. The highest BCUT2D eigenvalue weighted by molar-refractivity contribution is 7.80. The number of para-hydroxylation sites is 2. The van der Waals surface area contributed by atoms with Gasteiger partial charge in [0.25, 0.3) is 5.91 Å². The summed E-state index contributed by atoms with van der Waals surface area (Å²) in [5.41, 5.74) is 5.17. The monoisotopic (exact) mass is 615 g/mol. The van der Waals surface area contributed by atoms with E-state index in [0.29, 0.717) is 25.2 Å². The number of likely N-dealkylation sites (tertiary alicyclic amines) is 1. The van der Waals surface area contributed by atoms with Gasteiger partial charge < -0.3 is 29.8 Å². The first-order chi connectivity index (χ1) is 21.1. The normalized spacial score (nSPS) is 19.4. The summed E-state index contributed by atoms with van der Waals surface area (Å²) in [7, 11) is 6.43. The minimum absolute atomic E-state index is 0.0360. The minimum Gasteiger partial charge on any atom is -0.359 e. The van der Waals surface area contributed by atoms with Crippen LogP contribution in [0.15, 0.2) is 48.7 Å². The van der Waals surface area contributed by atoms with E-state index in [2.05, 4.69) is 34.7 Å². The van der Waals surface area contributed by atoms with Gasteiger partial charge in [0, 0.05) is 44.2 Å². The molecule has 1 aromatic heterocycles. The van der Waals surface area contributed by atoms with E-state index in [1.165, 1.54) is 0 Å². The average molecular weight is 616 g/mol. The van der Waals surface area contributed by atoms with Crippen LogP contribution in [0.2, 0.25) is 0 Å². The number of carbonyl (C=O) groups excluding carboxylic acids is 2. The third-order valence-corrected chi connectivity index (χ3v) is 9.86. The fourth-order valence-electron chi connectivity index (χ4n) is 6.60. The first kappa shape index (κ1) is 30.1. The van der Waals surface area contributed by atoms with Crippen molar-refractivity contribution in [3.05, 3.63) is 70.9 Å². The van der Waals surface area contributed by atoms with Crippen LogP contribution in [0.5, 0.6) is 0 Å². The number of fused-ring (bicyclic) bond motifs is 2. The Morgan fingerprint density at radius 1 is 1.09 bits per heavy atom. The van der Waals surface area contributed by atoms with Gasteiger partial charge in [0.1, 0.15) is 10.8 Å². The number of amides is 3. The van der Waals surface area contributed by atoms with E-state index >= 15 is 0 Å². The zero-order valence-electron chi connectivity index (χ0n) is 26.2. The Morgan fingerprint density at radius 2 is 1.91 bits per heavy atom. The van der Waals surface area contributed by atoms with Crippen LogP contribution in [0.25, 0.3) is 0 Å². The molecule has 6 rings (SSSR count). The molecule has 2 saturated heterocycles. The second-order valence-corrected chi connectivity index (χ2v) is 13.3. The number of nitrogens with one attached hydrogen (secondary N) is 2. The number of anilines is 3. The number of rotatable bonds is 4. The average Bonchev–Trinajstić information content (AvgIpc) is 3.53. The molecule has 3 amide bonds. The fourth-order valence-corrected chi connectivity index (χ4v) is 7.02. The van der Waals surface area contributed by atoms with Gasteiger partial charge in [-0.05, 0) is 55.2 Å². The van der Waals surface area contributed by atoms with Crippen molar-refractivity contribution in [2.45, 2.75) is 45.3 Å². The molecule has 2 aromatic carbocycles. The van der Waals surface area contributed by atoms with Gasteiger partial charge in [0.2, 0.25) is 0 Å². The van der Waals surface area contributed by atoms with Gasteiger partial charge in [-0.15, -0.1) is 0 Å². The number of aromatic nitrogens is 2. The minimum atomic E-state index is -0.0845. The van der Waals surface area contributed by atoms with E-state index in [0.717, 1.165) is 88.8 Å². The van der Waals surface area contributed by atoms with Crippen LogP contribution in [0.1, 0.15) is 46.3 Å². The summed E-state index contributed by atoms with van der Waals surface area (Å²) in [4.78, 5) is 34.2. The smallest absolute Gasteiger partial charge is 0.318 e. The van der Waals surface area contributed by atoms with Gasteiger partial charge >= 0.3 is 6.03 Å². The standard InChI is InChI=1S/C33H42N8O2S/c1-23-19-24(31(42)40-22-26-21-35-37(2)30(26)36-27-9-5-6-10-28(27)40)12-13-25(23)20-34-33(43)39-15-7-11-29(39)32(44)38-14-8-17-41(3,4)18-16-38/h5-6,9-10,12-13,19,21,29H,7-8,11,14-18,20,22H2,1-4H3,(H-,34,35,36,43)/p+1.